The summed E-state index contributed by atoms with van der Waals surface area (Å²) in [7, 11) is 0. The molecule has 1 heterocycles. The molecule has 5 nitrogen and oxygen atoms in total. The lowest BCUT2D eigenvalue weighted by atomic mass is 10.1. The zero-order valence-electron chi connectivity index (χ0n) is 11.5. The lowest BCUT2D eigenvalue weighted by Crippen LogP contribution is -2.30. The van der Waals surface area contributed by atoms with Gasteiger partial charge in [-0.2, -0.15) is 0 Å². The van der Waals surface area contributed by atoms with Crippen molar-refractivity contribution < 1.29 is 13.9 Å². The fraction of sp³-hybridized carbons (Fsp3) is 0.133. The van der Waals surface area contributed by atoms with E-state index < -0.39 is 11.7 Å². The molecule has 114 valence electrons. The number of benzene rings is 2. The average Bonchev–Trinajstić information content (AvgIpc) is 2.95. The number of ether oxygens (including phenoxy) is 1. The Balaban J connectivity index is 2.03. The van der Waals surface area contributed by atoms with Crippen LogP contribution in [-0.4, -0.2) is 12.5 Å². The molecule has 0 aliphatic carbocycles. The van der Waals surface area contributed by atoms with Gasteiger partial charge >= 0.3 is 0 Å². The van der Waals surface area contributed by atoms with Crippen LogP contribution in [0.2, 0.25) is 0 Å². The second-order valence-electron chi connectivity index (χ2n) is 4.83. The smallest absolute Gasteiger partial charge is 0.267 e. The molecule has 0 atom stereocenters. The van der Waals surface area contributed by atoms with Crippen LogP contribution in [0.25, 0.3) is 0 Å². The molecule has 0 spiro atoms. The molecule has 0 radical (unpaired) electrons. The minimum atomic E-state index is -0.442. The fourth-order valence-electron chi connectivity index (χ4n) is 2.33. The topological polar surface area (TPSA) is 76.4 Å². The van der Waals surface area contributed by atoms with Crippen LogP contribution in [0.5, 0.6) is 5.75 Å². The summed E-state index contributed by atoms with van der Waals surface area (Å²) in [6, 6.07) is 8.23. The highest BCUT2D eigenvalue weighted by Gasteiger charge is 2.20. The number of halogens is 2. The number of hydrogen-bond donors (Lipinski definition) is 3. The second kappa shape index (κ2) is 6.09. The molecule has 0 fully saturated rings. The number of hydrogen-bond acceptors (Lipinski definition) is 4. The van der Waals surface area contributed by atoms with Crippen molar-refractivity contribution in [3.63, 3.8) is 0 Å². The van der Waals surface area contributed by atoms with Crippen LogP contribution in [0.3, 0.4) is 0 Å². The summed E-state index contributed by atoms with van der Waals surface area (Å²) < 4.78 is 20.3. The number of nitrogen functional groups attached to an aromatic ring is 1. The van der Waals surface area contributed by atoms with Crippen molar-refractivity contribution in [2.45, 2.75) is 6.42 Å². The third kappa shape index (κ3) is 2.86. The SMILES string of the molecule is NNC(=O)c1cc2c(cc1Nc1ccc(I)cc1F)OCC2. The molecule has 1 amide bonds. The maximum Gasteiger partial charge on any atom is 0.267 e. The number of amides is 1. The van der Waals surface area contributed by atoms with Gasteiger partial charge in [-0.05, 0) is 52.4 Å². The van der Waals surface area contributed by atoms with Crippen molar-refractivity contribution in [3.05, 3.63) is 50.8 Å². The Morgan fingerprint density at radius 3 is 2.82 bits per heavy atom. The molecule has 0 bridgehead atoms. The van der Waals surface area contributed by atoms with Gasteiger partial charge < -0.3 is 10.1 Å². The highest BCUT2D eigenvalue weighted by atomic mass is 127. The number of fused-ring (bicyclic) bond motifs is 1. The predicted molar refractivity (Wildman–Crippen MR) is 89.7 cm³/mol. The monoisotopic (exact) mass is 413 g/mol. The van der Waals surface area contributed by atoms with Crippen LogP contribution in [0, 0.1) is 9.39 Å². The van der Waals surface area contributed by atoms with E-state index in [0.29, 0.717) is 23.6 Å². The first-order valence-corrected chi connectivity index (χ1v) is 7.69. The van der Waals surface area contributed by atoms with Gasteiger partial charge in [-0.3, -0.25) is 10.2 Å². The quantitative estimate of drug-likeness (QED) is 0.313. The van der Waals surface area contributed by atoms with Gasteiger partial charge in [0.25, 0.3) is 5.91 Å². The van der Waals surface area contributed by atoms with Crippen LogP contribution < -0.4 is 21.3 Å². The summed E-state index contributed by atoms with van der Waals surface area (Å²) in [6.45, 7) is 0.570. The van der Waals surface area contributed by atoms with Crippen molar-refractivity contribution in [3.8, 4) is 5.75 Å². The average molecular weight is 413 g/mol. The third-order valence-corrected chi connectivity index (χ3v) is 4.08. The summed E-state index contributed by atoms with van der Waals surface area (Å²) in [6.07, 6.45) is 0.734. The van der Waals surface area contributed by atoms with Gasteiger partial charge in [0.15, 0.2) is 0 Å². The van der Waals surface area contributed by atoms with Crippen molar-refractivity contribution in [2.24, 2.45) is 5.84 Å². The Hall–Kier alpha value is -1.87. The molecule has 7 heteroatoms. The molecule has 22 heavy (non-hydrogen) atoms. The van der Waals surface area contributed by atoms with E-state index in [-0.39, 0.29) is 5.69 Å². The van der Waals surface area contributed by atoms with E-state index in [4.69, 9.17) is 10.6 Å². The summed E-state index contributed by atoms with van der Waals surface area (Å²) in [5, 5.41) is 2.94. The second-order valence-corrected chi connectivity index (χ2v) is 6.07. The van der Waals surface area contributed by atoms with E-state index in [1.807, 2.05) is 22.6 Å². The fourth-order valence-corrected chi connectivity index (χ4v) is 2.78. The molecule has 0 unspecified atom stereocenters. The molecule has 0 saturated carbocycles. The van der Waals surface area contributed by atoms with E-state index in [9.17, 15) is 9.18 Å². The highest BCUT2D eigenvalue weighted by Crippen LogP contribution is 2.33. The number of nitrogens with two attached hydrogens (primary N) is 1. The summed E-state index contributed by atoms with van der Waals surface area (Å²) in [4.78, 5) is 12.0. The number of nitrogens with one attached hydrogen (secondary N) is 2. The minimum absolute atomic E-state index is 0.282. The van der Waals surface area contributed by atoms with Crippen LogP contribution in [0.15, 0.2) is 30.3 Å². The molecule has 4 N–H and O–H groups in total. The zero-order valence-corrected chi connectivity index (χ0v) is 13.6. The highest BCUT2D eigenvalue weighted by molar-refractivity contribution is 14.1. The Morgan fingerprint density at radius 1 is 1.27 bits per heavy atom. The van der Waals surface area contributed by atoms with Crippen LogP contribution >= 0.6 is 22.6 Å². The maximum atomic E-state index is 14.0. The number of carbonyl (C=O) groups is 1. The van der Waals surface area contributed by atoms with Gasteiger partial charge in [0.05, 0.1) is 23.5 Å². The predicted octanol–water partition coefficient (Wildman–Crippen LogP) is 2.71. The van der Waals surface area contributed by atoms with E-state index in [1.165, 1.54) is 6.07 Å². The Labute approximate surface area is 140 Å². The van der Waals surface area contributed by atoms with Crippen molar-refractivity contribution >= 4 is 39.9 Å². The van der Waals surface area contributed by atoms with Gasteiger partial charge in [-0.25, -0.2) is 10.2 Å². The first-order chi connectivity index (χ1) is 10.6. The number of carbonyl (C=O) groups excluding carboxylic acids is 1. The normalized spacial score (nSPS) is 12.5. The number of hydrazine groups is 1. The van der Waals surface area contributed by atoms with E-state index in [0.717, 1.165) is 15.6 Å². The largest absolute Gasteiger partial charge is 0.493 e. The van der Waals surface area contributed by atoms with Gasteiger partial charge in [0, 0.05) is 16.1 Å². The van der Waals surface area contributed by atoms with Crippen LogP contribution in [0.4, 0.5) is 15.8 Å². The molecule has 2 aromatic rings. The molecule has 2 aromatic carbocycles. The van der Waals surface area contributed by atoms with Crippen molar-refractivity contribution in [1.29, 1.82) is 0 Å². The van der Waals surface area contributed by atoms with Gasteiger partial charge in [-0.1, -0.05) is 0 Å². The first-order valence-electron chi connectivity index (χ1n) is 6.61. The number of rotatable bonds is 3. The maximum absolute atomic E-state index is 14.0. The van der Waals surface area contributed by atoms with Gasteiger partial charge in [0.2, 0.25) is 0 Å². The van der Waals surface area contributed by atoms with Crippen LogP contribution in [-0.2, 0) is 6.42 Å². The number of anilines is 2. The zero-order chi connectivity index (χ0) is 15.7. The molecular formula is C15H13FIN3O2. The van der Waals surface area contributed by atoms with Crippen LogP contribution in [0.1, 0.15) is 15.9 Å². The van der Waals surface area contributed by atoms with Gasteiger partial charge in [0.1, 0.15) is 11.6 Å². The molecule has 0 saturated heterocycles. The van der Waals surface area contributed by atoms with E-state index >= 15 is 0 Å². The van der Waals surface area contributed by atoms with E-state index in [1.54, 1.807) is 24.3 Å². The van der Waals surface area contributed by atoms with Crippen molar-refractivity contribution in [1.82, 2.24) is 5.43 Å². The summed E-state index contributed by atoms with van der Waals surface area (Å²) >= 11 is 2.03. The molecular weight excluding hydrogens is 400 g/mol. The standard InChI is InChI=1S/C15H13FIN3O2/c16-11-6-9(17)1-2-12(11)19-13-7-14-8(3-4-22-14)5-10(13)15(21)20-18/h1-2,5-7,19H,3-4,18H2,(H,20,21). The molecule has 1 aliphatic rings. The first kappa shape index (κ1) is 15.0. The molecule has 1 aliphatic heterocycles. The summed E-state index contributed by atoms with van der Waals surface area (Å²) in [5.41, 5.74) is 4.13. The Bertz CT molecular complexity index is 752. The lowest BCUT2D eigenvalue weighted by Gasteiger charge is -2.14. The Morgan fingerprint density at radius 2 is 2.09 bits per heavy atom. The van der Waals surface area contributed by atoms with Gasteiger partial charge in [-0.15, -0.1) is 0 Å². The van der Waals surface area contributed by atoms with Crippen molar-refractivity contribution in [2.75, 3.05) is 11.9 Å². The van der Waals surface area contributed by atoms with E-state index in [2.05, 4.69) is 10.7 Å². The lowest BCUT2D eigenvalue weighted by molar-refractivity contribution is 0.0954. The summed E-state index contributed by atoms with van der Waals surface area (Å²) in [5.74, 6) is 5.09. The molecule has 0 aromatic heterocycles. The molecule has 3 rings (SSSR count). The minimum Gasteiger partial charge on any atom is -0.493 e. The Kier molecular flexibility index (Phi) is 4.16. The third-order valence-electron chi connectivity index (χ3n) is 3.41.